The van der Waals surface area contributed by atoms with Crippen molar-refractivity contribution in [2.24, 2.45) is 0 Å². The summed E-state index contributed by atoms with van der Waals surface area (Å²) in [4.78, 5) is 24.2. The number of piperidine rings is 1. The van der Waals surface area contributed by atoms with Gasteiger partial charge < -0.3 is 26.2 Å². The summed E-state index contributed by atoms with van der Waals surface area (Å²) in [6, 6.07) is 14.2. The van der Waals surface area contributed by atoms with Crippen molar-refractivity contribution in [2.45, 2.75) is 39.0 Å². The third-order valence-corrected chi connectivity index (χ3v) is 6.62. The predicted molar refractivity (Wildman–Crippen MR) is 141 cm³/mol. The molecule has 4 N–H and O–H groups in total. The number of carbonyl (C=O) groups is 1. The van der Waals surface area contributed by atoms with Crippen molar-refractivity contribution >= 4 is 34.9 Å². The number of benzene rings is 2. The molecule has 35 heavy (non-hydrogen) atoms. The maximum absolute atomic E-state index is 12.7. The number of aromatic nitrogens is 2. The van der Waals surface area contributed by atoms with E-state index in [0.717, 1.165) is 66.5 Å². The summed E-state index contributed by atoms with van der Waals surface area (Å²) in [6.45, 7) is 5.79. The van der Waals surface area contributed by atoms with E-state index in [4.69, 9.17) is 0 Å². The standard InChI is InChI=1S/C27H33N7O/c1-19-18-29-26-31-22-7-5-6-20(16-22)8-9-21-17-23(30-25(19)33-26)10-11-24(21)32-27(35)28-12-15-34-13-3-2-4-14-34/h5-7,10-11,16-18H,2-4,8-9,12-15H2,1H3,(H2,28,32,35)(H2,29,30,31,33). The van der Waals surface area contributed by atoms with Crippen LogP contribution in [0, 0.1) is 6.92 Å². The predicted octanol–water partition coefficient (Wildman–Crippen LogP) is 4.98. The van der Waals surface area contributed by atoms with E-state index in [1.165, 1.54) is 24.8 Å². The zero-order valence-corrected chi connectivity index (χ0v) is 20.2. The van der Waals surface area contributed by atoms with Crippen molar-refractivity contribution in [1.82, 2.24) is 20.2 Å². The van der Waals surface area contributed by atoms with Crippen molar-refractivity contribution in [3.63, 3.8) is 0 Å². The lowest BCUT2D eigenvalue weighted by Gasteiger charge is -2.26. The molecule has 0 radical (unpaired) electrons. The number of fused-ring (bicyclic) bond motifs is 6. The van der Waals surface area contributed by atoms with Gasteiger partial charge in [-0.3, -0.25) is 0 Å². The Morgan fingerprint density at radius 1 is 1.03 bits per heavy atom. The summed E-state index contributed by atoms with van der Waals surface area (Å²) < 4.78 is 0. The molecular weight excluding hydrogens is 438 g/mol. The first-order valence-corrected chi connectivity index (χ1v) is 12.5. The normalized spacial score (nSPS) is 15.5. The van der Waals surface area contributed by atoms with Gasteiger partial charge in [0.2, 0.25) is 5.95 Å². The van der Waals surface area contributed by atoms with E-state index in [1.54, 1.807) is 0 Å². The van der Waals surface area contributed by atoms with Crippen LogP contribution in [-0.4, -0.2) is 47.1 Å². The van der Waals surface area contributed by atoms with Gasteiger partial charge in [-0.2, -0.15) is 4.98 Å². The first-order chi connectivity index (χ1) is 17.1. The highest BCUT2D eigenvalue weighted by Gasteiger charge is 2.13. The molecule has 2 aromatic carbocycles. The van der Waals surface area contributed by atoms with Crippen LogP contribution in [0.4, 0.5) is 33.6 Å². The first-order valence-electron chi connectivity index (χ1n) is 12.5. The molecule has 2 aliphatic rings. The van der Waals surface area contributed by atoms with Crippen molar-refractivity contribution in [2.75, 3.05) is 42.1 Å². The smallest absolute Gasteiger partial charge is 0.319 e. The third kappa shape index (κ3) is 6.08. The Morgan fingerprint density at radius 2 is 1.89 bits per heavy atom. The highest BCUT2D eigenvalue weighted by atomic mass is 16.2. The van der Waals surface area contributed by atoms with Crippen LogP contribution in [0.25, 0.3) is 0 Å². The van der Waals surface area contributed by atoms with Gasteiger partial charge in [0.15, 0.2) is 0 Å². The molecule has 0 atom stereocenters. The molecule has 1 fully saturated rings. The third-order valence-electron chi connectivity index (χ3n) is 6.62. The summed E-state index contributed by atoms with van der Waals surface area (Å²) in [5.41, 5.74) is 5.94. The molecule has 0 spiro atoms. The lowest BCUT2D eigenvalue weighted by Crippen LogP contribution is -2.39. The molecule has 5 rings (SSSR count). The fourth-order valence-electron chi connectivity index (χ4n) is 4.66. The molecular formula is C27H33N7O. The quantitative estimate of drug-likeness (QED) is 0.429. The van der Waals surface area contributed by atoms with Gasteiger partial charge in [0.25, 0.3) is 0 Å². The molecule has 1 aromatic heterocycles. The van der Waals surface area contributed by atoms with E-state index in [0.29, 0.717) is 12.5 Å². The SMILES string of the molecule is Cc1cnc2nc1Nc1ccc(NC(=O)NCCN3CCCCC3)c(c1)CCc1cccc(c1)N2. The summed E-state index contributed by atoms with van der Waals surface area (Å²) in [5, 5.41) is 12.8. The van der Waals surface area contributed by atoms with Crippen LogP contribution in [0.3, 0.4) is 0 Å². The van der Waals surface area contributed by atoms with Crippen molar-refractivity contribution in [3.05, 3.63) is 65.4 Å². The highest BCUT2D eigenvalue weighted by molar-refractivity contribution is 5.90. The lowest BCUT2D eigenvalue weighted by atomic mass is 10.0. The number of nitrogens with one attached hydrogen (secondary N) is 4. The fourth-order valence-corrected chi connectivity index (χ4v) is 4.66. The average Bonchev–Trinajstić information content (AvgIpc) is 2.87. The Hall–Kier alpha value is -3.65. The Morgan fingerprint density at radius 3 is 2.77 bits per heavy atom. The van der Waals surface area contributed by atoms with Gasteiger partial charge in [-0.15, -0.1) is 0 Å². The van der Waals surface area contributed by atoms with Crippen LogP contribution in [0.15, 0.2) is 48.7 Å². The summed E-state index contributed by atoms with van der Waals surface area (Å²) in [5.74, 6) is 1.30. The molecule has 182 valence electrons. The first kappa shape index (κ1) is 23.1. The van der Waals surface area contributed by atoms with Crippen LogP contribution in [-0.2, 0) is 12.8 Å². The minimum Gasteiger partial charge on any atom is -0.340 e. The Kier molecular flexibility index (Phi) is 7.09. The zero-order chi connectivity index (χ0) is 24.0. The molecule has 8 heteroatoms. The van der Waals surface area contributed by atoms with E-state index in [1.807, 2.05) is 37.4 Å². The number of rotatable bonds is 4. The Balaban J connectivity index is 1.34. The summed E-state index contributed by atoms with van der Waals surface area (Å²) in [7, 11) is 0. The topological polar surface area (TPSA) is 94.2 Å². The average molecular weight is 472 g/mol. The van der Waals surface area contributed by atoms with E-state index in [-0.39, 0.29) is 6.03 Å². The van der Waals surface area contributed by atoms with Gasteiger partial charge in [-0.1, -0.05) is 18.6 Å². The van der Waals surface area contributed by atoms with Crippen LogP contribution < -0.4 is 21.3 Å². The maximum Gasteiger partial charge on any atom is 0.319 e. The lowest BCUT2D eigenvalue weighted by molar-refractivity contribution is 0.224. The molecule has 0 unspecified atom stereocenters. The second kappa shape index (κ2) is 10.7. The van der Waals surface area contributed by atoms with Gasteiger partial charge in [0, 0.05) is 41.9 Å². The molecule has 6 bridgehead atoms. The largest absolute Gasteiger partial charge is 0.340 e. The van der Waals surface area contributed by atoms with E-state index < -0.39 is 0 Å². The van der Waals surface area contributed by atoms with Crippen molar-refractivity contribution in [1.29, 1.82) is 0 Å². The molecule has 0 aliphatic carbocycles. The van der Waals surface area contributed by atoms with E-state index in [2.05, 4.69) is 54.3 Å². The monoisotopic (exact) mass is 471 g/mol. The number of anilines is 5. The molecule has 3 aromatic rings. The maximum atomic E-state index is 12.7. The minimum absolute atomic E-state index is 0.163. The van der Waals surface area contributed by atoms with Gasteiger partial charge in [-0.25, -0.2) is 9.78 Å². The van der Waals surface area contributed by atoms with Gasteiger partial charge in [0.1, 0.15) is 5.82 Å². The Labute approximate surface area is 206 Å². The zero-order valence-electron chi connectivity index (χ0n) is 20.2. The molecule has 0 saturated carbocycles. The van der Waals surface area contributed by atoms with Crippen LogP contribution in [0.2, 0.25) is 0 Å². The molecule has 1 saturated heterocycles. The fraction of sp³-hybridized carbons (Fsp3) is 0.370. The second-order valence-corrected chi connectivity index (χ2v) is 9.33. The number of aryl methyl sites for hydroxylation is 3. The van der Waals surface area contributed by atoms with Gasteiger partial charge in [0.05, 0.1) is 0 Å². The molecule has 2 amide bonds. The molecule has 3 heterocycles. The number of carbonyl (C=O) groups excluding carboxylic acids is 1. The summed E-state index contributed by atoms with van der Waals surface area (Å²) >= 11 is 0. The highest BCUT2D eigenvalue weighted by Crippen LogP contribution is 2.27. The number of hydrogen-bond donors (Lipinski definition) is 4. The summed E-state index contributed by atoms with van der Waals surface area (Å²) in [6.07, 6.45) is 7.28. The van der Waals surface area contributed by atoms with Crippen LogP contribution in [0.1, 0.15) is 36.0 Å². The van der Waals surface area contributed by atoms with Crippen molar-refractivity contribution < 1.29 is 4.79 Å². The number of nitrogens with zero attached hydrogens (tertiary/aromatic N) is 3. The van der Waals surface area contributed by atoms with Crippen LogP contribution in [0.5, 0.6) is 0 Å². The van der Waals surface area contributed by atoms with E-state index >= 15 is 0 Å². The van der Waals surface area contributed by atoms with Gasteiger partial charge in [-0.05, 0) is 87.2 Å². The van der Waals surface area contributed by atoms with Crippen LogP contribution >= 0.6 is 0 Å². The number of likely N-dealkylation sites (tertiary alicyclic amines) is 1. The Bertz CT molecular complexity index is 1190. The van der Waals surface area contributed by atoms with E-state index in [9.17, 15) is 4.79 Å². The minimum atomic E-state index is -0.163. The number of hydrogen-bond acceptors (Lipinski definition) is 6. The van der Waals surface area contributed by atoms with Crippen molar-refractivity contribution in [3.8, 4) is 0 Å². The number of urea groups is 1. The van der Waals surface area contributed by atoms with Gasteiger partial charge >= 0.3 is 6.03 Å². The second-order valence-electron chi connectivity index (χ2n) is 9.33. The number of amides is 2. The molecule has 8 nitrogen and oxygen atoms in total. The molecule has 2 aliphatic heterocycles.